The smallest absolute Gasteiger partial charge is 0.408 e. The quantitative estimate of drug-likeness (QED) is 0.526. The first kappa shape index (κ1) is 23.5. The Bertz CT molecular complexity index is 897. The SMILES string of the molecule is CC(C)CC(NC(=O)OCc1ccccc1)C(=O)NC(Cc1ccccc1)C(=O)C1CO1. The molecule has 2 aromatic carbocycles. The summed E-state index contributed by atoms with van der Waals surface area (Å²) in [5, 5.41) is 5.49. The van der Waals surface area contributed by atoms with Crippen LogP contribution in [-0.2, 0) is 32.1 Å². The molecule has 1 aliphatic rings. The number of ketones is 1. The van der Waals surface area contributed by atoms with Crippen LogP contribution in [0.3, 0.4) is 0 Å². The number of carbonyl (C=O) groups is 3. The summed E-state index contributed by atoms with van der Waals surface area (Å²) >= 11 is 0. The largest absolute Gasteiger partial charge is 0.445 e. The van der Waals surface area contributed by atoms with Crippen molar-refractivity contribution in [3.8, 4) is 0 Å². The van der Waals surface area contributed by atoms with Gasteiger partial charge < -0.3 is 20.1 Å². The highest BCUT2D eigenvalue weighted by atomic mass is 16.6. The number of epoxide rings is 1. The highest BCUT2D eigenvalue weighted by Crippen LogP contribution is 2.16. The van der Waals surface area contributed by atoms with Crippen molar-refractivity contribution >= 4 is 17.8 Å². The molecule has 3 rings (SSSR count). The number of carbonyl (C=O) groups excluding carboxylic acids is 3. The lowest BCUT2D eigenvalue weighted by Gasteiger charge is -2.23. The Morgan fingerprint density at radius 3 is 2.09 bits per heavy atom. The lowest BCUT2D eigenvalue weighted by Crippen LogP contribution is -2.53. The van der Waals surface area contributed by atoms with E-state index in [0.717, 1.165) is 11.1 Å². The van der Waals surface area contributed by atoms with E-state index >= 15 is 0 Å². The summed E-state index contributed by atoms with van der Waals surface area (Å²) in [5.74, 6) is -0.419. The Kier molecular flexibility index (Phi) is 8.39. The summed E-state index contributed by atoms with van der Waals surface area (Å²) in [4.78, 5) is 38.1. The summed E-state index contributed by atoms with van der Waals surface area (Å²) in [6.07, 6.45) is -0.376. The minimum absolute atomic E-state index is 0.108. The van der Waals surface area contributed by atoms with Gasteiger partial charge in [-0.05, 0) is 29.9 Å². The maximum Gasteiger partial charge on any atom is 0.408 e. The van der Waals surface area contributed by atoms with Crippen LogP contribution in [0.15, 0.2) is 60.7 Å². The molecule has 0 saturated carbocycles. The van der Waals surface area contributed by atoms with Gasteiger partial charge in [-0.25, -0.2) is 4.79 Å². The molecule has 1 aliphatic heterocycles. The van der Waals surface area contributed by atoms with Crippen LogP contribution < -0.4 is 10.6 Å². The molecule has 0 spiro atoms. The molecule has 2 aromatic rings. The Morgan fingerprint density at radius 2 is 1.53 bits per heavy atom. The molecule has 170 valence electrons. The fourth-order valence-electron chi connectivity index (χ4n) is 3.39. The molecule has 0 radical (unpaired) electrons. The van der Waals surface area contributed by atoms with Crippen LogP contribution in [-0.4, -0.2) is 42.6 Å². The van der Waals surface area contributed by atoms with Gasteiger partial charge in [0.2, 0.25) is 5.91 Å². The molecular formula is C25H30N2O5. The third-order valence-electron chi connectivity index (χ3n) is 5.12. The molecule has 3 unspecified atom stereocenters. The molecule has 0 bridgehead atoms. The highest BCUT2D eigenvalue weighted by molar-refractivity contribution is 5.95. The molecule has 32 heavy (non-hydrogen) atoms. The minimum atomic E-state index is -0.815. The molecule has 2 N–H and O–H groups in total. The van der Waals surface area contributed by atoms with Crippen LogP contribution in [0, 0.1) is 5.92 Å². The van der Waals surface area contributed by atoms with Crippen molar-refractivity contribution < 1.29 is 23.9 Å². The average Bonchev–Trinajstić information content (AvgIpc) is 3.63. The fraction of sp³-hybridized carbons (Fsp3) is 0.400. The number of nitrogens with one attached hydrogen (secondary N) is 2. The molecule has 7 heteroatoms. The van der Waals surface area contributed by atoms with Crippen molar-refractivity contribution in [3.63, 3.8) is 0 Å². The summed E-state index contributed by atoms with van der Waals surface area (Å²) in [7, 11) is 0. The Morgan fingerprint density at radius 1 is 0.938 bits per heavy atom. The van der Waals surface area contributed by atoms with Gasteiger partial charge in [-0.1, -0.05) is 74.5 Å². The van der Waals surface area contributed by atoms with Gasteiger partial charge in [0, 0.05) is 0 Å². The monoisotopic (exact) mass is 438 g/mol. The van der Waals surface area contributed by atoms with Crippen molar-refractivity contribution in [1.29, 1.82) is 0 Å². The summed E-state index contributed by atoms with van der Waals surface area (Å²) in [6.45, 7) is 4.40. The van der Waals surface area contributed by atoms with Gasteiger partial charge in [0.25, 0.3) is 0 Å². The second-order valence-electron chi connectivity index (χ2n) is 8.36. The lowest BCUT2D eigenvalue weighted by atomic mass is 9.98. The standard InChI is InChI=1S/C25H30N2O5/c1-17(2)13-21(27-25(30)32-15-19-11-7-4-8-12-19)24(29)26-20(23(28)22-16-31-22)14-18-9-5-3-6-10-18/h3-12,17,20-22H,13-16H2,1-2H3,(H,26,29)(H,27,30). The van der Waals surface area contributed by atoms with Crippen LogP contribution in [0.25, 0.3) is 0 Å². The first-order valence-electron chi connectivity index (χ1n) is 10.9. The van der Waals surface area contributed by atoms with Crippen molar-refractivity contribution in [3.05, 3.63) is 71.8 Å². The van der Waals surface area contributed by atoms with Crippen LogP contribution in [0.1, 0.15) is 31.4 Å². The highest BCUT2D eigenvalue weighted by Gasteiger charge is 2.38. The molecule has 3 atom stereocenters. The maximum atomic E-state index is 13.1. The Hall–Kier alpha value is -3.19. The predicted molar refractivity (Wildman–Crippen MR) is 120 cm³/mol. The molecule has 0 aromatic heterocycles. The van der Waals surface area contributed by atoms with Crippen molar-refractivity contribution in [1.82, 2.24) is 10.6 Å². The average molecular weight is 439 g/mol. The van der Waals surface area contributed by atoms with E-state index in [1.807, 2.05) is 74.5 Å². The summed E-state index contributed by atoms with van der Waals surface area (Å²) < 4.78 is 10.4. The third-order valence-corrected chi connectivity index (χ3v) is 5.12. The van der Waals surface area contributed by atoms with Gasteiger partial charge in [0.05, 0.1) is 12.6 Å². The van der Waals surface area contributed by atoms with Gasteiger partial charge in [0.1, 0.15) is 18.8 Å². The number of Topliss-reactive ketones (excluding diaryl/α,β-unsaturated/α-hetero) is 1. The molecule has 7 nitrogen and oxygen atoms in total. The normalized spacial score (nSPS) is 16.7. The maximum absolute atomic E-state index is 13.1. The molecular weight excluding hydrogens is 408 g/mol. The van der Waals surface area contributed by atoms with Crippen LogP contribution in [0.4, 0.5) is 4.79 Å². The third kappa shape index (κ3) is 7.50. The summed E-state index contributed by atoms with van der Waals surface area (Å²) in [5.41, 5.74) is 1.79. The number of rotatable bonds is 11. The van der Waals surface area contributed by atoms with E-state index in [2.05, 4.69) is 10.6 Å². The molecule has 1 fully saturated rings. The van der Waals surface area contributed by atoms with Gasteiger partial charge in [0.15, 0.2) is 5.78 Å². The van der Waals surface area contributed by atoms with E-state index in [-0.39, 0.29) is 18.3 Å². The zero-order valence-electron chi connectivity index (χ0n) is 18.5. The van der Waals surface area contributed by atoms with Gasteiger partial charge in [-0.3, -0.25) is 9.59 Å². The first-order valence-corrected chi connectivity index (χ1v) is 10.9. The number of hydrogen-bond acceptors (Lipinski definition) is 5. The predicted octanol–water partition coefficient (Wildman–Crippen LogP) is 3.02. The van der Waals surface area contributed by atoms with E-state index in [1.54, 1.807) is 0 Å². The zero-order valence-corrected chi connectivity index (χ0v) is 18.5. The van der Waals surface area contributed by atoms with E-state index in [1.165, 1.54) is 0 Å². The van der Waals surface area contributed by atoms with E-state index < -0.39 is 30.2 Å². The number of benzene rings is 2. The van der Waals surface area contributed by atoms with Gasteiger partial charge in [-0.2, -0.15) is 0 Å². The van der Waals surface area contributed by atoms with E-state index in [4.69, 9.17) is 9.47 Å². The fourth-order valence-corrected chi connectivity index (χ4v) is 3.39. The molecule has 1 saturated heterocycles. The molecule has 2 amide bonds. The van der Waals surface area contributed by atoms with Crippen molar-refractivity contribution in [2.24, 2.45) is 5.92 Å². The number of hydrogen-bond donors (Lipinski definition) is 2. The second kappa shape index (κ2) is 11.4. The van der Waals surface area contributed by atoms with Crippen LogP contribution in [0.2, 0.25) is 0 Å². The minimum Gasteiger partial charge on any atom is -0.445 e. The number of amides is 2. The van der Waals surface area contributed by atoms with E-state index in [0.29, 0.717) is 19.4 Å². The number of alkyl carbamates (subject to hydrolysis) is 1. The van der Waals surface area contributed by atoms with E-state index in [9.17, 15) is 14.4 Å². The number of ether oxygens (including phenoxy) is 2. The van der Waals surface area contributed by atoms with Gasteiger partial charge in [-0.15, -0.1) is 0 Å². The van der Waals surface area contributed by atoms with Crippen LogP contribution >= 0.6 is 0 Å². The van der Waals surface area contributed by atoms with Gasteiger partial charge >= 0.3 is 6.09 Å². The topological polar surface area (TPSA) is 97.0 Å². The van der Waals surface area contributed by atoms with Crippen LogP contribution in [0.5, 0.6) is 0 Å². The Labute approximate surface area is 188 Å². The zero-order chi connectivity index (χ0) is 22.9. The van der Waals surface area contributed by atoms with Crippen molar-refractivity contribution in [2.45, 2.75) is 51.5 Å². The Balaban J connectivity index is 1.63. The lowest BCUT2D eigenvalue weighted by molar-refractivity contribution is -0.129. The van der Waals surface area contributed by atoms with Crippen molar-refractivity contribution in [2.75, 3.05) is 6.61 Å². The first-order chi connectivity index (χ1) is 15.4. The second-order valence-corrected chi connectivity index (χ2v) is 8.36. The summed E-state index contributed by atoms with van der Waals surface area (Å²) in [6, 6.07) is 17.2. The molecule has 1 heterocycles. The molecule has 0 aliphatic carbocycles.